The number of para-hydroxylation sites is 2. The van der Waals surface area contributed by atoms with Crippen LogP contribution in [-0.2, 0) is 11.2 Å². The molecule has 6 heteroatoms. The molecule has 20 heavy (non-hydrogen) atoms. The number of nitrogens with zero attached hydrogens (tertiary/aromatic N) is 1. The highest BCUT2D eigenvalue weighted by Gasteiger charge is 2.12. The first-order valence-electron chi connectivity index (χ1n) is 5.94. The van der Waals surface area contributed by atoms with Gasteiger partial charge in [-0.25, -0.2) is 0 Å². The van der Waals surface area contributed by atoms with Crippen molar-refractivity contribution in [3.8, 4) is 0 Å². The standard InChI is InChI=1S/C14H13N3O3/c15-14(18)9-10-5-7-11(8-6-10)16-12-3-1-2-4-13(12)17(19)20/h1-8,16H,9H2,(H2,15,18). The molecule has 0 saturated carbocycles. The van der Waals surface area contributed by atoms with Crippen molar-refractivity contribution in [1.82, 2.24) is 0 Å². The summed E-state index contributed by atoms with van der Waals surface area (Å²) in [4.78, 5) is 21.3. The minimum atomic E-state index is -0.441. The second-order valence-corrected chi connectivity index (χ2v) is 4.24. The fourth-order valence-corrected chi connectivity index (χ4v) is 1.80. The van der Waals surface area contributed by atoms with Gasteiger partial charge in [-0.1, -0.05) is 24.3 Å². The van der Waals surface area contributed by atoms with Crippen LogP contribution in [0.1, 0.15) is 5.56 Å². The van der Waals surface area contributed by atoms with Crippen LogP contribution in [0.5, 0.6) is 0 Å². The smallest absolute Gasteiger partial charge is 0.292 e. The Bertz CT molecular complexity index is 638. The van der Waals surface area contributed by atoms with Crippen molar-refractivity contribution in [3.63, 3.8) is 0 Å². The topological polar surface area (TPSA) is 98.3 Å². The Labute approximate surface area is 115 Å². The van der Waals surface area contributed by atoms with Crippen molar-refractivity contribution in [2.24, 2.45) is 5.73 Å². The molecule has 0 heterocycles. The highest BCUT2D eigenvalue weighted by Crippen LogP contribution is 2.26. The van der Waals surface area contributed by atoms with Gasteiger partial charge in [-0.2, -0.15) is 0 Å². The predicted octanol–water partition coefficient (Wildman–Crippen LogP) is 2.37. The predicted molar refractivity (Wildman–Crippen MR) is 75.7 cm³/mol. The van der Waals surface area contributed by atoms with Gasteiger partial charge in [0.05, 0.1) is 11.3 Å². The summed E-state index contributed by atoms with van der Waals surface area (Å²) >= 11 is 0. The van der Waals surface area contributed by atoms with Gasteiger partial charge in [0.2, 0.25) is 5.91 Å². The maximum absolute atomic E-state index is 10.9. The largest absolute Gasteiger partial charge is 0.369 e. The first-order valence-corrected chi connectivity index (χ1v) is 5.94. The molecule has 0 aliphatic rings. The summed E-state index contributed by atoms with van der Waals surface area (Å²) in [5.74, 6) is -0.399. The van der Waals surface area contributed by atoms with Crippen LogP contribution in [0.25, 0.3) is 0 Å². The van der Waals surface area contributed by atoms with Crippen LogP contribution in [0, 0.1) is 10.1 Å². The van der Waals surface area contributed by atoms with Gasteiger partial charge in [0.1, 0.15) is 5.69 Å². The second kappa shape index (κ2) is 5.83. The van der Waals surface area contributed by atoms with E-state index in [9.17, 15) is 14.9 Å². The van der Waals surface area contributed by atoms with Gasteiger partial charge in [-0.15, -0.1) is 0 Å². The highest BCUT2D eigenvalue weighted by atomic mass is 16.6. The molecule has 1 amide bonds. The van der Waals surface area contributed by atoms with Crippen molar-refractivity contribution in [3.05, 3.63) is 64.2 Å². The number of benzene rings is 2. The lowest BCUT2D eigenvalue weighted by Gasteiger charge is -2.07. The quantitative estimate of drug-likeness (QED) is 0.644. The summed E-state index contributed by atoms with van der Waals surface area (Å²) in [5, 5.41) is 13.9. The first kappa shape index (κ1) is 13.5. The number of nitrogens with two attached hydrogens (primary N) is 1. The number of hydrogen-bond donors (Lipinski definition) is 2. The van der Waals surface area contributed by atoms with Crippen LogP contribution < -0.4 is 11.1 Å². The maximum atomic E-state index is 10.9. The number of amides is 1. The van der Waals surface area contributed by atoms with Crippen LogP contribution in [0.3, 0.4) is 0 Å². The molecule has 2 aromatic carbocycles. The molecule has 0 aliphatic heterocycles. The zero-order valence-corrected chi connectivity index (χ0v) is 10.6. The third kappa shape index (κ3) is 3.32. The number of anilines is 2. The van der Waals surface area contributed by atoms with Gasteiger partial charge in [0.25, 0.3) is 5.69 Å². The molecule has 0 unspecified atom stereocenters. The summed E-state index contributed by atoms with van der Waals surface area (Å²) in [6, 6.07) is 13.4. The molecule has 0 aromatic heterocycles. The first-order chi connectivity index (χ1) is 9.56. The van der Waals surface area contributed by atoms with E-state index in [1.54, 1.807) is 42.5 Å². The van der Waals surface area contributed by atoms with E-state index in [0.717, 1.165) is 5.56 Å². The average Bonchev–Trinajstić information content (AvgIpc) is 2.41. The number of carbonyl (C=O) groups is 1. The van der Waals surface area contributed by atoms with E-state index >= 15 is 0 Å². The van der Waals surface area contributed by atoms with Gasteiger partial charge in [-0.3, -0.25) is 14.9 Å². The number of rotatable bonds is 5. The minimum Gasteiger partial charge on any atom is -0.369 e. The minimum absolute atomic E-state index is 0.00807. The number of primary amides is 1. The van der Waals surface area contributed by atoms with Crippen molar-refractivity contribution in [2.45, 2.75) is 6.42 Å². The van der Waals surface area contributed by atoms with Crippen LogP contribution in [0.4, 0.5) is 17.1 Å². The Balaban J connectivity index is 2.18. The molecule has 2 aromatic rings. The van der Waals surface area contributed by atoms with E-state index < -0.39 is 10.8 Å². The van der Waals surface area contributed by atoms with E-state index in [0.29, 0.717) is 11.4 Å². The molecule has 3 N–H and O–H groups in total. The van der Waals surface area contributed by atoms with Crippen LogP contribution in [0.2, 0.25) is 0 Å². The van der Waals surface area contributed by atoms with Gasteiger partial charge in [0.15, 0.2) is 0 Å². The summed E-state index contributed by atoms with van der Waals surface area (Å²) in [7, 11) is 0. The number of nitro benzene ring substituents is 1. The molecule has 0 spiro atoms. The van der Waals surface area contributed by atoms with E-state index in [1.165, 1.54) is 6.07 Å². The zero-order chi connectivity index (χ0) is 14.5. The normalized spacial score (nSPS) is 10.0. The molecule has 0 saturated heterocycles. The fourth-order valence-electron chi connectivity index (χ4n) is 1.80. The Morgan fingerprint density at radius 1 is 1.15 bits per heavy atom. The second-order valence-electron chi connectivity index (χ2n) is 4.24. The van der Waals surface area contributed by atoms with Crippen LogP contribution in [0.15, 0.2) is 48.5 Å². The van der Waals surface area contributed by atoms with Crippen molar-refractivity contribution in [1.29, 1.82) is 0 Å². The lowest BCUT2D eigenvalue weighted by Crippen LogP contribution is -2.13. The molecule has 6 nitrogen and oxygen atoms in total. The van der Waals surface area contributed by atoms with Crippen molar-refractivity contribution >= 4 is 23.0 Å². The molecule has 0 fully saturated rings. The molecular weight excluding hydrogens is 258 g/mol. The van der Waals surface area contributed by atoms with Gasteiger partial charge in [0, 0.05) is 11.8 Å². The van der Waals surface area contributed by atoms with Crippen molar-refractivity contribution in [2.75, 3.05) is 5.32 Å². The molecule has 2 rings (SSSR count). The molecule has 0 radical (unpaired) electrons. The third-order valence-corrected chi connectivity index (χ3v) is 2.71. The molecule has 102 valence electrons. The summed E-state index contributed by atoms with van der Waals surface area (Å²) in [6.07, 6.45) is 0.172. The maximum Gasteiger partial charge on any atom is 0.292 e. The Hall–Kier alpha value is -2.89. The SMILES string of the molecule is NC(=O)Cc1ccc(Nc2ccccc2[N+](=O)[O-])cc1. The number of hydrogen-bond acceptors (Lipinski definition) is 4. The molecular formula is C14H13N3O3. The monoisotopic (exact) mass is 271 g/mol. The molecule has 0 atom stereocenters. The molecule has 0 bridgehead atoms. The summed E-state index contributed by atoms with van der Waals surface area (Å²) < 4.78 is 0. The Morgan fingerprint density at radius 3 is 2.40 bits per heavy atom. The van der Waals surface area contributed by atoms with E-state index in [2.05, 4.69) is 5.32 Å². The third-order valence-electron chi connectivity index (χ3n) is 2.71. The lowest BCUT2D eigenvalue weighted by molar-refractivity contribution is -0.383. The van der Waals surface area contributed by atoms with Crippen LogP contribution in [-0.4, -0.2) is 10.8 Å². The summed E-state index contributed by atoms with van der Waals surface area (Å²) in [6.45, 7) is 0. The Kier molecular flexibility index (Phi) is 3.95. The zero-order valence-electron chi connectivity index (χ0n) is 10.6. The number of nitrogens with one attached hydrogen (secondary N) is 1. The van der Waals surface area contributed by atoms with E-state index in [-0.39, 0.29) is 12.1 Å². The number of carbonyl (C=O) groups excluding carboxylic acids is 1. The number of nitro groups is 1. The fraction of sp³-hybridized carbons (Fsp3) is 0.0714. The average molecular weight is 271 g/mol. The van der Waals surface area contributed by atoms with Gasteiger partial charge in [-0.05, 0) is 23.8 Å². The lowest BCUT2D eigenvalue weighted by atomic mass is 10.1. The van der Waals surface area contributed by atoms with Crippen molar-refractivity contribution < 1.29 is 9.72 Å². The Morgan fingerprint density at radius 2 is 1.80 bits per heavy atom. The molecule has 0 aliphatic carbocycles. The van der Waals surface area contributed by atoms with Gasteiger partial charge >= 0.3 is 0 Å². The van der Waals surface area contributed by atoms with E-state index in [4.69, 9.17) is 5.73 Å². The van der Waals surface area contributed by atoms with Gasteiger partial charge < -0.3 is 11.1 Å². The highest BCUT2D eigenvalue weighted by molar-refractivity contribution is 5.77. The summed E-state index contributed by atoms with van der Waals surface area (Å²) in [5.41, 5.74) is 7.03. The van der Waals surface area contributed by atoms with E-state index in [1.807, 2.05) is 0 Å². The van der Waals surface area contributed by atoms with Crippen LogP contribution >= 0.6 is 0 Å².